The molecule has 19 heavy (non-hydrogen) atoms. The Balaban J connectivity index is 2.84. The fraction of sp³-hybridized carbons (Fsp3) is 0.846. The Morgan fingerprint density at radius 1 is 1.47 bits per heavy atom. The lowest BCUT2D eigenvalue weighted by molar-refractivity contribution is -0.138. The molecule has 6 nitrogen and oxygen atoms in total. The van der Waals surface area contributed by atoms with E-state index in [1.165, 1.54) is 4.90 Å². The molecule has 110 valence electrons. The van der Waals surface area contributed by atoms with Gasteiger partial charge in [-0.1, -0.05) is 13.8 Å². The predicted octanol–water partition coefficient (Wildman–Crippen LogP) is 0.994. The molecule has 2 amide bonds. The molecule has 1 fully saturated rings. The van der Waals surface area contributed by atoms with Gasteiger partial charge in [0.2, 0.25) is 0 Å². The summed E-state index contributed by atoms with van der Waals surface area (Å²) >= 11 is 0. The lowest BCUT2D eigenvalue weighted by Crippen LogP contribution is -2.52. The van der Waals surface area contributed by atoms with Crippen LogP contribution < -0.4 is 0 Å². The van der Waals surface area contributed by atoms with E-state index < -0.39 is 5.97 Å². The van der Waals surface area contributed by atoms with Gasteiger partial charge in [0.05, 0.1) is 12.6 Å². The number of hydrogen-bond acceptors (Lipinski definition) is 3. The van der Waals surface area contributed by atoms with Crippen LogP contribution in [0.15, 0.2) is 0 Å². The molecule has 1 aliphatic heterocycles. The molecule has 1 heterocycles. The number of carboxylic acid groups (broad SMARTS) is 1. The second-order valence-corrected chi connectivity index (χ2v) is 5.27. The average Bonchev–Trinajstić information content (AvgIpc) is 2.75. The van der Waals surface area contributed by atoms with Crippen molar-refractivity contribution in [3.05, 3.63) is 0 Å². The maximum Gasteiger partial charge on any atom is 0.323 e. The molecule has 3 unspecified atom stereocenters. The summed E-state index contributed by atoms with van der Waals surface area (Å²) in [4.78, 5) is 26.4. The monoisotopic (exact) mass is 272 g/mol. The minimum atomic E-state index is -1.01. The van der Waals surface area contributed by atoms with Crippen molar-refractivity contribution in [1.82, 2.24) is 9.80 Å². The smallest absolute Gasteiger partial charge is 0.323 e. The van der Waals surface area contributed by atoms with Crippen molar-refractivity contribution in [2.45, 2.75) is 45.7 Å². The summed E-state index contributed by atoms with van der Waals surface area (Å²) in [5.41, 5.74) is 0. The molecule has 0 radical (unpaired) electrons. The molecule has 0 aromatic rings. The second-order valence-electron chi connectivity index (χ2n) is 5.27. The molecular formula is C13H24N2O4. The van der Waals surface area contributed by atoms with Crippen molar-refractivity contribution in [1.29, 1.82) is 0 Å². The van der Waals surface area contributed by atoms with Gasteiger partial charge < -0.3 is 20.0 Å². The molecule has 1 rings (SSSR count). The number of urea groups is 1. The Hall–Kier alpha value is -1.30. The van der Waals surface area contributed by atoms with Gasteiger partial charge in [-0.25, -0.2) is 4.79 Å². The van der Waals surface area contributed by atoms with Crippen LogP contribution in [0.5, 0.6) is 0 Å². The number of carbonyl (C=O) groups excluding carboxylic acids is 1. The van der Waals surface area contributed by atoms with Crippen LogP contribution in [-0.4, -0.2) is 63.8 Å². The minimum absolute atomic E-state index is 0.0751. The molecule has 2 N–H and O–H groups in total. The van der Waals surface area contributed by atoms with Crippen LogP contribution in [0.25, 0.3) is 0 Å². The quantitative estimate of drug-likeness (QED) is 0.782. The predicted molar refractivity (Wildman–Crippen MR) is 70.9 cm³/mol. The van der Waals surface area contributed by atoms with Gasteiger partial charge in [0.15, 0.2) is 0 Å². The van der Waals surface area contributed by atoms with Crippen LogP contribution in [-0.2, 0) is 4.79 Å². The Bertz CT molecular complexity index is 335. The van der Waals surface area contributed by atoms with Crippen molar-refractivity contribution >= 4 is 12.0 Å². The number of aliphatic hydroxyl groups excluding tert-OH is 1. The van der Waals surface area contributed by atoms with Crippen molar-refractivity contribution in [2.24, 2.45) is 5.92 Å². The molecule has 0 aromatic heterocycles. The zero-order chi connectivity index (χ0) is 14.6. The van der Waals surface area contributed by atoms with Crippen LogP contribution >= 0.6 is 0 Å². The van der Waals surface area contributed by atoms with E-state index in [0.29, 0.717) is 13.0 Å². The number of carboxylic acids is 1. The van der Waals surface area contributed by atoms with E-state index in [1.54, 1.807) is 4.90 Å². The first-order chi connectivity index (χ1) is 8.92. The van der Waals surface area contributed by atoms with E-state index in [0.717, 1.165) is 6.42 Å². The van der Waals surface area contributed by atoms with Crippen LogP contribution in [0.4, 0.5) is 4.79 Å². The first kappa shape index (κ1) is 15.8. The van der Waals surface area contributed by atoms with Crippen LogP contribution in [0.2, 0.25) is 0 Å². The van der Waals surface area contributed by atoms with Gasteiger partial charge in [0.25, 0.3) is 0 Å². The lowest BCUT2D eigenvalue weighted by Gasteiger charge is -2.34. The molecule has 1 saturated heterocycles. The summed E-state index contributed by atoms with van der Waals surface area (Å²) in [5.74, 6) is -0.765. The summed E-state index contributed by atoms with van der Waals surface area (Å²) < 4.78 is 0. The van der Waals surface area contributed by atoms with Crippen LogP contribution in [0.3, 0.4) is 0 Å². The SMILES string of the molecule is CCC(C)N(CC(=O)O)C(=O)N1CCC(C)C1CO. The number of hydrogen-bond donors (Lipinski definition) is 2. The number of likely N-dealkylation sites (tertiary alicyclic amines) is 1. The third-order valence-electron chi connectivity index (χ3n) is 3.99. The summed E-state index contributed by atoms with van der Waals surface area (Å²) in [5, 5.41) is 18.3. The highest BCUT2D eigenvalue weighted by atomic mass is 16.4. The topological polar surface area (TPSA) is 81.1 Å². The summed E-state index contributed by atoms with van der Waals surface area (Å²) in [6.45, 7) is 5.97. The zero-order valence-electron chi connectivity index (χ0n) is 11.9. The Morgan fingerprint density at radius 2 is 2.11 bits per heavy atom. The standard InChI is InChI=1S/C13H24N2O4/c1-4-10(3)15(7-12(17)18)13(19)14-6-5-9(2)11(14)8-16/h9-11,16H,4-8H2,1-3H3,(H,17,18). The molecule has 6 heteroatoms. The lowest BCUT2D eigenvalue weighted by atomic mass is 10.0. The minimum Gasteiger partial charge on any atom is -0.480 e. The van der Waals surface area contributed by atoms with E-state index in [4.69, 9.17) is 5.11 Å². The first-order valence-electron chi connectivity index (χ1n) is 6.82. The van der Waals surface area contributed by atoms with Gasteiger partial charge in [0.1, 0.15) is 6.54 Å². The fourth-order valence-corrected chi connectivity index (χ4v) is 2.47. The Kier molecular flexibility index (Phi) is 5.60. The zero-order valence-corrected chi connectivity index (χ0v) is 11.9. The third kappa shape index (κ3) is 3.59. The average molecular weight is 272 g/mol. The fourth-order valence-electron chi connectivity index (χ4n) is 2.47. The van der Waals surface area contributed by atoms with E-state index >= 15 is 0 Å². The highest BCUT2D eigenvalue weighted by Gasteiger charge is 2.37. The number of carbonyl (C=O) groups is 2. The van der Waals surface area contributed by atoms with Gasteiger partial charge in [-0.15, -0.1) is 0 Å². The molecule has 0 aromatic carbocycles. The van der Waals surface area contributed by atoms with E-state index in [-0.39, 0.29) is 37.2 Å². The van der Waals surface area contributed by atoms with Crippen molar-refractivity contribution in [3.8, 4) is 0 Å². The third-order valence-corrected chi connectivity index (χ3v) is 3.99. The van der Waals surface area contributed by atoms with E-state index in [2.05, 4.69) is 0 Å². The van der Waals surface area contributed by atoms with Gasteiger partial charge >= 0.3 is 12.0 Å². The highest BCUT2D eigenvalue weighted by molar-refractivity contribution is 5.81. The molecule has 0 bridgehead atoms. The van der Waals surface area contributed by atoms with Gasteiger partial charge in [0, 0.05) is 12.6 Å². The summed E-state index contributed by atoms with van der Waals surface area (Å²) in [6.07, 6.45) is 1.55. The number of aliphatic carboxylic acids is 1. The van der Waals surface area contributed by atoms with E-state index in [1.807, 2.05) is 20.8 Å². The largest absolute Gasteiger partial charge is 0.480 e. The Morgan fingerprint density at radius 3 is 2.58 bits per heavy atom. The summed E-state index contributed by atoms with van der Waals surface area (Å²) in [6, 6.07) is -0.605. The molecule has 3 atom stereocenters. The summed E-state index contributed by atoms with van der Waals surface area (Å²) in [7, 11) is 0. The van der Waals surface area contributed by atoms with Crippen LogP contribution in [0, 0.1) is 5.92 Å². The van der Waals surface area contributed by atoms with Gasteiger partial charge in [-0.3, -0.25) is 4.79 Å². The molecule has 0 aliphatic carbocycles. The van der Waals surface area contributed by atoms with E-state index in [9.17, 15) is 14.7 Å². The molecule has 0 spiro atoms. The normalized spacial score (nSPS) is 24.3. The second kappa shape index (κ2) is 6.75. The number of aliphatic hydroxyl groups is 1. The number of nitrogens with zero attached hydrogens (tertiary/aromatic N) is 2. The maximum atomic E-state index is 12.5. The highest BCUT2D eigenvalue weighted by Crippen LogP contribution is 2.25. The van der Waals surface area contributed by atoms with Gasteiger partial charge in [-0.2, -0.15) is 0 Å². The van der Waals surface area contributed by atoms with Crippen molar-refractivity contribution in [3.63, 3.8) is 0 Å². The van der Waals surface area contributed by atoms with Crippen molar-refractivity contribution < 1.29 is 19.8 Å². The van der Waals surface area contributed by atoms with Crippen molar-refractivity contribution in [2.75, 3.05) is 19.7 Å². The van der Waals surface area contributed by atoms with Crippen LogP contribution in [0.1, 0.15) is 33.6 Å². The van der Waals surface area contributed by atoms with Gasteiger partial charge in [-0.05, 0) is 25.7 Å². The number of rotatable bonds is 5. The molecular weight excluding hydrogens is 248 g/mol. The maximum absolute atomic E-state index is 12.5. The number of amides is 2. The first-order valence-corrected chi connectivity index (χ1v) is 6.82. The molecule has 1 aliphatic rings. The Labute approximate surface area is 114 Å². The molecule has 0 saturated carbocycles.